The molecule has 2 aliphatic heterocycles. The van der Waals surface area contributed by atoms with Gasteiger partial charge in [0.05, 0.1) is 17.4 Å². The first kappa shape index (κ1) is 20.1. The van der Waals surface area contributed by atoms with E-state index in [0.717, 1.165) is 49.4 Å². The summed E-state index contributed by atoms with van der Waals surface area (Å²) in [7, 11) is 2.12. The second-order valence-electron chi connectivity index (χ2n) is 9.17. The number of rotatable bonds is 5. The van der Waals surface area contributed by atoms with Gasteiger partial charge in [-0.05, 0) is 52.4 Å². The summed E-state index contributed by atoms with van der Waals surface area (Å²) >= 11 is 0. The van der Waals surface area contributed by atoms with Crippen molar-refractivity contribution in [2.75, 3.05) is 25.5 Å². The number of aliphatic hydroxyl groups is 1. The number of anilines is 1. The molecule has 0 aliphatic carbocycles. The van der Waals surface area contributed by atoms with Gasteiger partial charge in [-0.25, -0.2) is 9.50 Å². The molecule has 5 rings (SSSR count). The zero-order chi connectivity index (χ0) is 21.6. The van der Waals surface area contributed by atoms with Gasteiger partial charge in [0.2, 0.25) is 0 Å². The van der Waals surface area contributed by atoms with E-state index in [1.165, 1.54) is 0 Å². The topological polar surface area (TPSA) is 84.2 Å². The van der Waals surface area contributed by atoms with E-state index < -0.39 is 6.23 Å². The van der Waals surface area contributed by atoms with Crippen molar-refractivity contribution in [1.82, 2.24) is 19.5 Å². The van der Waals surface area contributed by atoms with E-state index in [9.17, 15) is 5.11 Å². The highest BCUT2D eigenvalue weighted by molar-refractivity contribution is 5.65. The SMILES string of the molecule is CN1CCCC(Oc2cc3c(cc2NC(O)c2cnn4cccnc24)CC(C)(C)O3)C1. The third-order valence-corrected chi connectivity index (χ3v) is 5.93. The number of likely N-dealkylation sites (tertiary alicyclic amines) is 1. The van der Waals surface area contributed by atoms with E-state index in [1.54, 1.807) is 23.0 Å². The molecule has 0 radical (unpaired) electrons. The molecule has 2 unspecified atom stereocenters. The molecule has 2 atom stereocenters. The number of hydrogen-bond donors (Lipinski definition) is 2. The molecule has 3 aromatic rings. The van der Waals surface area contributed by atoms with Crippen molar-refractivity contribution < 1.29 is 14.6 Å². The molecule has 8 heteroatoms. The maximum atomic E-state index is 11.0. The van der Waals surface area contributed by atoms with Gasteiger partial charge < -0.3 is 24.8 Å². The first-order chi connectivity index (χ1) is 14.9. The van der Waals surface area contributed by atoms with Crippen molar-refractivity contribution in [1.29, 1.82) is 0 Å². The molecule has 8 nitrogen and oxygen atoms in total. The van der Waals surface area contributed by atoms with Crippen molar-refractivity contribution >= 4 is 11.3 Å². The highest BCUT2D eigenvalue weighted by Crippen LogP contribution is 2.42. The average molecular weight is 424 g/mol. The van der Waals surface area contributed by atoms with Gasteiger partial charge in [0.25, 0.3) is 0 Å². The first-order valence-corrected chi connectivity index (χ1v) is 10.8. The van der Waals surface area contributed by atoms with Crippen LogP contribution in [0.25, 0.3) is 5.65 Å². The Morgan fingerprint density at radius 3 is 3.06 bits per heavy atom. The second kappa shape index (κ2) is 7.69. The molecule has 0 bridgehead atoms. The zero-order valence-electron chi connectivity index (χ0n) is 18.2. The number of likely N-dealkylation sites (N-methyl/N-ethyl adjacent to an activating group) is 1. The minimum Gasteiger partial charge on any atom is -0.487 e. The van der Waals surface area contributed by atoms with Crippen LogP contribution in [0.1, 0.15) is 44.0 Å². The monoisotopic (exact) mass is 423 g/mol. The summed E-state index contributed by atoms with van der Waals surface area (Å²) in [4.78, 5) is 6.63. The molecule has 0 amide bonds. The summed E-state index contributed by atoms with van der Waals surface area (Å²) in [5, 5.41) is 18.5. The van der Waals surface area contributed by atoms with Crippen LogP contribution in [0.2, 0.25) is 0 Å². The van der Waals surface area contributed by atoms with Crippen LogP contribution in [0.4, 0.5) is 5.69 Å². The van der Waals surface area contributed by atoms with Crippen LogP contribution in [0.5, 0.6) is 11.5 Å². The van der Waals surface area contributed by atoms with E-state index in [0.29, 0.717) is 17.0 Å². The van der Waals surface area contributed by atoms with Crippen molar-refractivity contribution in [3.8, 4) is 11.5 Å². The molecule has 0 saturated carbocycles. The lowest BCUT2D eigenvalue weighted by Gasteiger charge is -2.31. The number of fused-ring (bicyclic) bond motifs is 2. The third kappa shape index (κ3) is 4.05. The normalized spacial score (nSPS) is 21.5. The Morgan fingerprint density at radius 2 is 2.23 bits per heavy atom. The molecule has 164 valence electrons. The number of hydrogen-bond acceptors (Lipinski definition) is 7. The van der Waals surface area contributed by atoms with Crippen LogP contribution in [-0.2, 0) is 6.42 Å². The summed E-state index contributed by atoms with van der Waals surface area (Å²) in [6, 6.07) is 5.80. The molecule has 1 fully saturated rings. The van der Waals surface area contributed by atoms with Crippen LogP contribution < -0.4 is 14.8 Å². The van der Waals surface area contributed by atoms with Crippen molar-refractivity contribution in [3.63, 3.8) is 0 Å². The molecular formula is C23H29N5O3. The van der Waals surface area contributed by atoms with Gasteiger partial charge in [0.1, 0.15) is 23.2 Å². The Labute approximate surface area is 181 Å². The summed E-state index contributed by atoms with van der Waals surface area (Å²) in [5.74, 6) is 1.54. The van der Waals surface area contributed by atoms with Crippen LogP contribution in [0.3, 0.4) is 0 Å². The van der Waals surface area contributed by atoms with Crippen molar-refractivity contribution in [2.24, 2.45) is 0 Å². The Balaban J connectivity index is 1.46. The lowest BCUT2D eigenvalue weighted by atomic mass is 10.0. The van der Waals surface area contributed by atoms with E-state index in [2.05, 4.69) is 41.2 Å². The predicted octanol–water partition coefficient (Wildman–Crippen LogP) is 3.02. The standard InChI is InChI=1S/C23H29N5O3/c1-23(2)12-15-10-18(26-22(29)17-13-25-28-9-5-7-24-21(17)28)20(11-19(15)31-23)30-16-6-4-8-27(3)14-16/h5,7,9-11,13,16,22,26,29H,4,6,8,12,14H2,1-3H3. The Morgan fingerprint density at radius 1 is 1.35 bits per heavy atom. The number of nitrogens with one attached hydrogen (secondary N) is 1. The summed E-state index contributed by atoms with van der Waals surface area (Å²) in [5.41, 5.74) is 2.82. The van der Waals surface area contributed by atoms with Gasteiger partial charge in [-0.15, -0.1) is 0 Å². The summed E-state index contributed by atoms with van der Waals surface area (Å²) < 4.78 is 14.2. The smallest absolute Gasteiger partial charge is 0.162 e. The predicted molar refractivity (Wildman–Crippen MR) is 118 cm³/mol. The fraction of sp³-hybridized carbons (Fsp3) is 0.478. The third-order valence-electron chi connectivity index (χ3n) is 5.93. The lowest BCUT2D eigenvalue weighted by Crippen LogP contribution is -2.38. The van der Waals surface area contributed by atoms with Gasteiger partial charge >= 0.3 is 0 Å². The summed E-state index contributed by atoms with van der Waals surface area (Å²) in [6.07, 6.45) is 7.17. The minimum atomic E-state index is -0.975. The fourth-order valence-corrected chi connectivity index (χ4v) is 4.50. The zero-order valence-corrected chi connectivity index (χ0v) is 18.2. The largest absolute Gasteiger partial charge is 0.487 e. The molecule has 31 heavy (non-hydrogen) atoms. The van der Waals surface area contributed by atoms with Gasteiger partial charge in [-0.3, -0.25) is 0 Å². The highest BCUT2D eigenvalue weighted by atomic mass is 16.5. The van der Waals surface area contributed by atoms with Gasteiger partial charge in [0, 0.05) is 37.0 Å². The number of aromatic nitrogens is 3. The average Bonchev–Trinajstić information content (AvgIpc) is 3.27. The van der Waals surface area contributed by atoms with Crippen LogP contribution in [0.15, 0.2) is 36.8 Å². The molecular weight excluding hydrogens is 394 g/mol. The minimum absolute atomic E-state index is 0.0996. The van der Waals surface area contributed by atoms with E-state index in [4.69, 9.17) is 9.47 Å². The van der Waals surface area contributed by atoms with Crippen LogP contribution in [0, 0.1) is 0 Å². The second-order valence-corrected chi connectivity index (χ2v) is 9.17. The molecule has 2 N–H and O–H groups in total. The van der Waals surface area contributed by atoms with Crippen molar-refractivity contribution in [3.05, 3.63) is 47.9 Å². The Bertz CT molecular complexity index is 1100. The number of benzene rings is 1. The Hall–Kier alpha value is -2.84. The molecule has 1 saturated heterocycles. The van der Waals surface area contributed by atoms with Gasteiger partial charge in [-0.2, -0.15) is 5.10 Å². The Kier molecular flexibility index (Phi) is 4.98. The molecule has 0 spiro atoms. The van der Waals surface area contributed by atoms with Crippen molar-refractivity contribution in [2.45, 2.75) is 51.0 Å². The number of piperidine rings is 1. The molecule has 1 aromatic carbocycles. The van der Waals surface area contributed by atoms with E-state index in [-0.39, 0.29) is 11.7 Å². The number of aliphatic hydroxyl groups excluding tert-OH is 1. The fourth-order valence-electron chi connectivity index (χ4n) is 4.50. The molecule has 2 aromatic heterocycles. The van der Waals surface area contributed by atoms with Crippen LogP contribution >= 0.6 is 0 Å². The molecule has 4 heterocycles. The quantitative estimate of drug-likeness (QED) is 0.610. The maximum absolute atomic E-state index is 11.0. The van der Waals surface area contributed by atoms with E-state index in [1.807, 2.05) is 18.3 Å². The highest BCUT2D eigenvalue weighted by Gasteiger charge is 2.32. The number of ether oxygens (including phenoxy) is 2. The van der Waals surface area contributed by atoms with Gasteiger partial charge in [-0.1, -0.05) is 0 Å². The molecule has 2 aliphatic rings. The summed E-state index contributed by atoms with van der Waals surface area (Å²) in [6.45, 7) is 6.13. The lowest BCUT2D eigenvalue weighted by molar-refractivity contribution is 0.103. The van der Waals surface area contributed by atoms with Gasteiger partial charge in [0.15, 0.2) is 11.9 Å². The maximum Gasteiger partial charge on any atom is 0.162 e. The van der Waals surface area contributed by atoms with Crippen LogP contribution in [-0.4, -0.2) is 56.4 Å². The van der Waals surface area contributed by atoms with E-state index >= 15 is 0 Å². The first-order valence-electron chi connectivity index (χ1n) is 10.8. The number of nitrogens with zero attached hydrogens (tertiary/aromatic N) is 4.